The highest BCUT2D eigenvalue weighted by Crippen LogP contribution is 2.36. The van der Waals surface area contributed by atoms with Crippen LogP contribution >= 0.6 is 11.6 Å². The van der Waals surface area contributed by atoms with Crippen molar-refractivity contribution in [3.05, 3.63) is 70.1 Å². The minimum absolute atomic E-state index is 0.0827. The monoisotopic (exact) mass is 402 g/mol. The van der Waals surface area contributed by atoms with Crippen LogP contribution in [-0.2, 0) is 9.47 Å². The molecular weight excluding hydrogens is 387 g/mol. The van der Waals surface area contributed by atoms with Crippen molar-refractivity contribution in [2.24, 2.45) is 0 Å². The first-order valence-electron chi connectivity index (χ1n) is 8.20. The van der Waals surface area contributed by atoms with E-state index in [0.29, 0.717) is 11.3 Å². The zero-order chi connectivity index (χ0) is 20.4. The van der Waals surface area contributed by atoms with E-state index in [0.717, 1.165) is 7.11 Å². The van der Waals surface area contributed by atoms with Crippen molar-refractivity contribution >= 4 is 23.5 Å². The van der Waals surface area contributed by atoms with Gasteiger partial charge < -0.3 is 9.47 Å². The summed E-state index contributed by atoms with van der Waals surface area (Å²) in [7, 11) is 2.33. The van der Waals surface area contributed by atoms with Crippen LogP contribution in [0.4, 0.5) is 4.39 Å². The quantitative estimate of drug-likeness (QED) is 0.611. The fraction of sp³-hybridized carbons (Fsp3) is 0.150. The van der Waals surface area contributed by atoms with Gasteiger partial charge in [0, 0.05) is 0 Å². The summed E-state index contributed by atoms with van der Waals surface area (Å²) in [4.78, 5) is 25.1. The molecule has 1 heterocycles. The molecule has 0 radical (unpaired) electrons. The van der Waals surface area contributed by atoms with E-state index in [-0.39, 0.29) is 27.5 Å². The number of carbonyl (C=O) groups excluding carboxylic acids is 2. The molecule has 0 amide bonds. The van der Waals surface area contributed by atoms with Gasteiger partial charge in [-0.15, -0.1) is 0 Å². The Kier molecular flexibility index (Phi) is 5.46. The number of para-hydroxylation sites is 1. The molecule has 0 unspecified atom stereocenters. The van der Waals surface area contributed by atoms with Crippen LogP contribution in [0, 0.1) is 12.7 Å². The Hall–Kier alpha value is -3.19. The predicted molar refractivity (Wildman–Crippen MR) is 101 cm³/mol. The van der Waals surface area contributed by atoms with Crippen molar-refractivity contribution in [3.63, 3.8) is 0 Å². The third-order valence-corrected chi connectivity index (χ3v) is 4.66. The summed E-state index contributed by atoms with van der Waals surface area (Å²) in [6.07, 6.45) is 0. The van der Waals surface area contributed by atoms with Gasteiger partial charge in [0.25, 0.3) is 0 Å². The fourth-order valence-electron chi connectivity index (χ4n) is 2.80. The molecule has 6 nitrogen and oxygen atoms in total. The van der Waals surface area contributed by atoms with Crippen molar-refractivity contribution in [3.8, 4) is 16.9 Å². The van der Waals surface area contributed by atoms with Gasteiger partial charge >= 0.3 is 11.9 Å². The topological polar surface area (TPSA) is 70.4 Å². The molecule has 0 fully saturated rings. The number of hydrogen-bond donors (Lipinski definition) is 0. The number of nitrogens with zero attached hydrogens (tertiary/aromatic N) is 2. The molecule has 0 spiro atoms. The van der Waals surface area contributed by atoms with Crippen molar-refractivity contribution in [2.75, 3.05) is 14.2 Å². The molecular formula is C20H16ClFN2O4. The minimum atomic E-state index is -0.866. The first-order chi connectivity index (χ1) is 13.4. The van der Waals surface area contributed by atoms with Gasteiger partial charge in [0.2, 0.25) is 0 Å². The SMILES string of the molecule is COC(=O)c1c(-c2c(F)ccc(C)c2Cl)nn(-c2ccccc2)c1C(=O)OC. The molecule has 3 rings (SSSR count). The average Bonchev–Trinajstić information content (AvgIpc) is 3.10. The van der Waals surface area contributed by atoms with E-state index in [9.17, 15) is 14.0 Å². The third-order valence-electron chi connectivity index (χ3n) is 4.18. The van der Waals surface area contributed by atoms with E-state index in [1.54, 1.807) is 37.3 Å². The Morgan fingerprint density at radius 3 is 2.29 bits per heavy atom. The second-order valence-electron chi connectivity index (χ2n) is 5.86. The molecule has 0 aliphatic heterocycles. The van der Waals surface area contributed by atoms with E-state index >= 15 is 0 Å². The zero-order valence-electron chi connectivity index (χ0n) is 15.3. The van der Waals surface area contributed by atoms with Crippen LogP contribution in [0.15, 0.2) is 42.5 Å². The van der Waals surface area contributed by atoms with E-state index in [1.165, 1.54) is 23.9 Å². The number of hydrogen-bond acceptors (Lipinski definition) is 5. The summed E-state index contributed by atoms with van der Waals surface area (Å²) in [5.41, 5.74) is 0.438. The molecule has 0 saturated carbocycles. The van der Waals surface area contributed by atoms with Crippen molar-refractivity contribution in [2.45, 2.75) is 6.92 Å². The van der Waals surface area contributed by atoms with Gasteiger partial charge in [-0.25, -0.2) is 18.7 Å². The Morgan fingerprint density at radius 1 is 1.04 bits per heavy atom. The lowest BCUT2D eigenvalue weighted by Crippen LogP contribution is -2.15. The highest BCUT2D eigenvalue weighted by molar-refractivity contribution is 6.34. The highest BCUT2D eigenvalue weighted by atomic mass is 35.5. The van der Waals surface area contributed by atoms with Gasteiger partial charge in [0.05, 0.1) is 30.5 Å². The van der Waals surface area contributed by atoms with Gasteiger partial charge in [-0.2, -0.15) is 5.10 Å². The van der Waals surface area contributed by atoms with E-state index in [2.05, 4.69) is 5.10 Å². The molecule has 1 aromatic heterocycles. The molecule has 0 saturated heterocycles. The van der Waals surface area contributed by atoms with Crippen LogP contribution in [-0.4, -0.2) is 35.9 Å². The number of ether oxygens (including phenoxy) is 2. The summed E-state index contributed by atoms with van der Waals surface area (Å²) in [6.45, 7) is 1.69. The van der Waals surface area contributed by atoms with Crippen LogP contribution in [0.5, 0.6) is 0 Å². The molecule has 8 heteroatoms. The van der Waals surface area contributed by atoms with Crippen molar-refractivity contribution in [1.82, 2.24) is 9.78 Å². The van der Waals surface area contributed by atoms with Crippen LogP contribution < -0.4 is 0 Å². The smallest absolute Gasteiger partial charge is 0.357 e. The minimum Gasteiger partial charge on any atom is -0.465 e. The summed E-state index contributed by atoms with van der Waals surface area (Å²) in [6, 6.07) is 11.3. The Balaban J connectivity index is 2.45. The normalized spacial score (nSPS) is 10.6. The number of rotatable bonds is 4. The van der Waals surface area contributed by atoms with Crippen LogP contribution in [0.25, 0.3) is 16.9 Å². The first kappa shape index (κ1) is 19.6. The number of benzene rings is 2. The predicted octanol–water partition coefficient (Wildman–Crippen LogP) is 4.21. The number of esters is 2. The Morgan fingerprint density at radius 2 is 1.68 bits per heavy atom. The molecule has 2 aromatic carbocycles. The molecule has 0 N–H and O–H groups in total. The summed E-state index contributed by atoms with van der Waals surface area (Å²) in [5.74, 6) is -2.38. The lowest BCUT2D eigenvalue weighted by molar-refractivity contribution is 0.0549. The summed E-state index contributed by atoms with van der Waals surface area (Å²) >= 11 is 6.32. The van der Waals surface area contributed by atoms with E-state index in [4.69, 9.17) is 21.1 Å². The maximum absolute atomic E-state index is 14.7. The number of methoxy groups -OCH3 is 2. The molecule has 0 aliphatic rings. The first-order valence-corrected chi connectivity index (χ1v) is 8.58. The van der Waals surface area contributed by atoms with Gasteiger partial charge in [-0.1, -0.05) is 35.9 Å². The van der Waals surface area contributed by atoms with Crippen molar-refractivity contribution in [1.29, 1.82) is 0 Å². The maximum atomic E-state index is 14.7. The van der Waals surface area contributed by atoms with Gasteiger partial charge in [0.15, 0.2) is 5.69 Å². The fourth-order valence-corrected chi connectivity index (χ4v) is 3.05. The second kappa shape index (κ2) is 7.82. The Bertz CT molecular complexity index is 1060. The van der Waals surface area contributed by atoms with E-state index < -0.39 is 17.8 Å². The Labute approximate surface area is 165 Å². The highest BCUT2D eigenvalue weighted by Gasteiger charge is 2.33. The van der Waals surface area contributed by atoms with Crippen LogP contribution in [0.3, 0.4) is 0 Å². The lowest BCUT2D eigenvalue weighted by Gasteiger charge is -2.08. The van der Waals surface area contributed by atoms with Gasteiger partial charge in [-0.05, 0) is 30.7 Å². The maximum Gasteiger partial charge on any atom is 0.357 e. The average molecular weight is 403 g/mol. The second-order valence-corrected chi connectivity index (χ2v) is 6.23. The summed E-state index contributed by atoms with van der Waals surface area (Å²) in [5, 5.41) is 4.42. The molecule has 28 heavy (non-hydrogen) atoms. The molecule has 144 valence electrons. The van der Waals surface area contributed by atoms with Gasteiger partial charge in [-0.3, -0.25) is 0 Å². The summed E-state index contributed by atoms with van der Waals surface area (Å²) < 4.78 is 25.6. The zero-order valence-corrected chi connectivity index (χ0v) is 16.1. The standard InChI is InChI=1S/C20H16ClFN2O4/c1-11-9-10-13(22)14(16(11)21)17-15(19(25)27-2)18(20(26)28-3)24(23-17)12-7-5-4-6-8-12/h4-10H,1-3H3. The number of halogens is 2. The largest absolute Gasteiger partial charge is 0.465 e. The van der Waals surface area contributed by atoms with E-state index in [1.807, 2.05) is 0 Å². The number of carbonyl (C=O) groups is 2. The van der Waals surface area contributed by atoms with Crippen molar-refractivity contribution < 1.29 is 23.5 Å². The number of aromatic nitrogens is 2. The lowest BCUT2D eigenvalue weighted by atomic mass is 10.0. The number of aryl methyl sites for hydroxylation is 1. The molecule has 3 aromatic rings. The van der Waals surface area contributed by atoms with Gasteiger partial charge in [0.1, 0.15) is 17.1 Å². The molecule has 0 bridgehead atoms. The molecule has 0 aliphatic carbocycles. The molecule has 0 atom stereocenters. The van der Waals surface area contributed by atoms with Crippen LogP contribution in [0.2, 0.25) is 5.02 Å². The third kappa shape index (κ3) is 3.25. The van der Waals surface area contributed by atoms with Crippen LogP contribution in [0.1, 0.15) is 26.4 Å².